The zero-order valence-corrected chi connectivity index (χ0v) is 14.7. The predicted octanol–water partition coefficient (Wildman–Crippen LogP) is 3.68. The lowest BCUT2D eigenvalue weighted by Crippen LogP contribution is -2.26. The second-order valence-electron chi connectivity index (χ2n) is 6.76. The van der Waals surface area contributed by atoms with Crippen molar-refractivity contribution in [3.8, 4) is 17.2 Å². The highest BCUT2D eigenvalue weighted by Gasteiger charge is 2.22. The second-order valence-corrected chi connectivity index (χ2v) is 6.76. The molecule has 1 N–H and O–H groups in total. The molecule has 1 unspecified atom stereocenters. The van der Waals surface area contributed by atoms with Crippen LogP contribution in [0.3, 0.4) is 0 Å². The van der Waals surface area contributed by atoms with E-state index in [0.717, 1.165) is 43.2 Å². The quantitative estimate of drug-likeness (QED) is 0.815. The van der Waals surface area contributed by atoms with Crippen molar-refractivity contribution >= 4 is 0 Å². The average Bonchev–Trinajstić information content (AvgIpc) is 3.12. The Morgan fingerprint density at radius 2 is 2.08 bits per heavy atom. The Bertz CT molecular complexity index is 744. The molecule has 0 radical (unpaired) electrons. The van der Waals surface area contributed by atoms with E-state index in [-0.39, 0.29) is 0 Å². The van der Waals surface area contributed by atoms with Crippen LogP contribution in [-0.4, -0.2) is 27.0 Å². The first kappa shape index (κ1) is 16.3. The summed E-state index contributed by atoms with van der Waals surface area (Å²) in [4.78, 5) is 0. The monoisotopic (exact) mass is 339 g/mol. The molecule has 132 valence electrons. The molecule has 1 heterocycles. The molecular weight excluding hydrogens is 314 g/mol. The van der Waals surface area contributed by atoms with Crippen molar-refractivity contribution in [3.05, 3.63) is 53.1 Å². The topological polar surface area (TPSA) is 39.7 Å². The van der Waals surface area contributed by atoms with E-state index < -0.39 is 0 Å². The molecule has 4 nitrogen and oxygen atoms in total. The molecule has 2 aliphatic rings. The van der Waals surface area contributed by atoms with Crippen molar-refractivity contribution < 1.29 is 14.2 Å². The minimum Gasteiger partial charge on any atom is -0.496 e. The normalized spacial score (nSPS) is 18.0. The van der Waals surface area contributed by atoms with Gasteiger partial charge in [-0.05, 0) is 73.0 Å². The van der Waals surface area contributed by atoms with Crippen LogP contribution >= 0.6 is 0 Å². The van der Waals surface area contributed by atoms with E-state index in [1.165, 1.54) is 29.5 Å². The van der Waals surface area contributed by atoms with Crippen LogP contribution in [0.25, 0.3) is 0 Å². The fourth-order valence-corrected chi connectivity index (χ4v) is 3.92. The maximum absolute atomic E-state index is 5.54. The summed E-state index contributed by atoms with van der Waals surface area (Å²) in [6, 6.07) is 12.7. The summed E-state index contributed by atoms with van der Waals surface area (Å²) in [5, 5.41) is 3.64. The highest BCUT2D eigenvalue weighted by molar-refractivity contribution is 5.45. The van der Waals surface area contributed by atoms with E-state index in [1.54, 1.807) is 7.11 Å². The first-order valence-electron chi connectivity index (χ1n) is 9.10. The van der Waals surface area contributed by atoms with Gasteiger partial charge in [-0.1, -0.05) is 18.2 Å². The van der Waals surface area contributed by atoms with Crippen LogP contribution in [0, 0.1) is 0 Å². The fourth-order valence-electron chi connectivity index (χ4n) is 3.92. The molecule has 0 saturated heterocycles. The molecule has 4 heteroatoms. The molecular formula is C21H25NO3. The lowest BCUT2D eigenvalue weighted by Gasteiger charge is -2.27. The SMILES string of the molecule is COc1cccc2c1CCCC2CNCCc1ccc2c(c1)OCO2. The smallest absolute Gasteiger partial charge is 0.231 e. The summed E-state index contributed by atoms with van der Waals surface area (Å²) < 4.78 is 16.3. The number of rotatable bonds is 6. The van der Waals surface area contributed by atoms with Gasteiger partial charge < -0.3 is 19.5 Å². The van der Waals surface area contributed by atoms with Crippen LogP contribution in [0.1, 0.15) is 35.4 Å². The van der Waals surface area contributed by atoms with E-state index in [1.807, 2.05) is 6.07 Å². The molecule has 0 amide bonds. The summed E-state index contributed by atoms with van der Waals surface area (Å²) >= 11 is 0. The van der Waals surface area contributed by atoms with Crippen LogP contribution in [0.5, 0.6) is 17.2 Å². The number of methoxy groups -OCH3 is 1. The van der Waals surface area contributed by atoms with E-state index in [4.69, 9.17) is 14.2 Å². The average molecular weight is 339 g/mol. The van der Waals surface area contributed by atoms with Gasteiger partial charge in [0.1, 0.15) is 5.75 Å². The predicted molar refractivity (Wildman–Crippen MR) is 97.8 cm³/mol. The van der Waals surface area contributed by atoms with Gasteiger partial charge >= 0.3 is 0 Å². The molecule has 1 atom stereocenters. The molecule has 0 spiro atoms. The van der Waals surface area contributed by atoms with Gasteiger partial charge in [0.2, 0.25) is 6.79 Å². The third kappa shape index (κ3) is 3.45. The Morgan fingerprint density at radius 1 is 1.16 bits per heavy atom. The van der Waals surface area contributed by atoms with Crippen LogP contribution in [0.2, 0.25) is 0 Å². The first-order valence-corrected chi connectivity index (χ1v) is 9.10. The summed E-state index contributed by atoms with van der Waals surface area (Å²) in [5.41, 5.74) is 4.14. The lowest BCUT2D eigenvalue weighted by atomic mass is 9.82. The summed E-state index contributed by atoms with van der Waals surface area (Å²) in [5.74, 6) is 3.34. The van der Waals surface area contributed by atoms with Crippen molar-refractivity contribution in [3.63, 3.8) is 0 Å². The largest absolute Gasteiger partial charge is 0.496 e. The molecule has 2 aromatic rings. The number of nitrogens with one attached hydrogen (secondary N) is 1. The van der Waals surface area contributed by atoms with Crippen LogP contribution in [0.4, 0.5) is 0 Å². The van der Waals surface area contributed by atoms with Crippen LogP contribution in [-0.2, 0) is 12.8 Å². The molecule has 4 rings (SSSR count). The number of fused-ring (bicyclic) bond motifs is 2. The molecule has 0 aromatic heterocycles. The van der Waals surface area contributed by atoms with E-state index in [0.29, 0.717) is 12.7 Å². The zero-order valence-electron chi connectivity index (χ0n) is 14.7. The van der Waals surface area contributed by atoms with Gasteiger partial charge in [-0.2, -0.15) is 0 Å². The standard InChI is InChI=1S/C21H25NO3/c1-23-19-7-3-5-17-16(4-2-6-18(17)19)13-22-11-10-15-8-9-20-21(12-15)25-14-24-20/h3,5,7-9,12,16,22H,2,4,6,10-11,13-14H2,1H3. The fraction of sp³-hybridized carbons (Fsp3) is 0.429. The summed E-state index contributed by atoms with van der Waals surface area (Å²) in [6.45, 7) is 2.32. The Balaban J connectivity index is 1.32. The number of benzene rings is 2. The minimum atomic E-state index is 0.335. The Labute approximate surface area is 149 Å². The highest BCUT2D eigenvalue weighted by atomic mass is 16.7. The third-order valence-corrected chi connectivity index (χ3v) is 5.23. The molecule has 0 fully saturated rings. The third-order valence-electron chi connectivity index (χ3n) is 5.23. The van der Waals surface area contributed by atoms with Gasteiger partial charge in [0.05, 0.1) is 7.11 Å². The highest BCUT2D eigenvalue weighted by Crippen LogP contribution is 2.36. The van der Waals surface area contributed by atoms with Crippen molar-refractivity contribution in [2.75, 3.05) is 27.0 Å². The molecule has 2 aromatic carbocycles. The van der Waals surface area contributed by atoms with Crippen LogP contribution in [0.15, 0.2) is 36.4 Å². The Kier molecular flexibility index (Phi) is 4.79. The molecule has 0 bridgehead atoms. The van der Waals surface area contributed by atoms with Crippen molar-refractivity contribution in [2.24, 2.45) is 0 Å². The van der Waals surface area contributed by atoms with Gasteiger partial charge in [-0.3, -0.25) is 0 Å². The van der Waals surface area contributed by atoms with Gasteiger partial charge in [0.15, 0.2) is 11.5 Å². The number of hydrogen-bond acceptors (Lipinski definition) is 4. The maximum Gasteiger partial charge on any atom is 0.231 e. The first-order chi connectivity index (χ1) is 12.3. The maximum atomic E-state index is 5.54. The Morgan fingerprint density at radius 3 is 3.00 bits per heavy atom. The zero-order chi connectivity index (χ0) is 17.1. The molecule has 1 aliphatic heterocycles. The van der Waals surface area contributed by atoms with Gasteiger partial charge in [0.25, 0.3) is 0 Å². The minimum absolute atomic E-state index is 0.335. The van der Waals surface area contributed by atoms with Crippen molar-refractivity contribution in [1.29, 1.82) is 0 Å². The Hall–Kier alpha value is -2.20. The van der Waals surface area contributed by atoms with Crippen molar-refractivity contribution in [2.45, 2.75) is 31.6 Å². The van der Waals surface area contributed by atoms with Crippen LogP contribution < -0.4 is 19.5 Å². The van der Waals surface area contributed by atoms with Gasteiger partial charge in [-0.15, -0.1) is 0 Å². The lowest BCUT2D eigenvalue weighted by molar-refractivity contribution is 0.174. The van der Waals surface area contributed by atoms with Gasteiger partial charge in [-0.25, -0.2) is 0 Å². The van der Waals surface area contributed by atoms with E-state index >= 15 is 0 Å². The molecule has 1 aliphatic carbocycles. The number of hydrogen-bond donors (Lipinski definition) is 1. The second kappa shape index (κ2) is 7.36. The molecule has 25 heavy (non-hydrogen) atoms. The van der Waals surface area contributed by atoms with E-state index in [2.05, 4.69) is 35.6 Å². The number of ether oxygens (including phenoxy) is 3. The summed E-state index contributed by atoms with van der Waals surface area (Å²) in [7, 11) is 1.77. The van der Waals surface area contributed by atoms with E-state index in [9.17, 15) is 0 Å². The van der Waals surface area contributed by atoms with Gasteiger partial charge in [0, 0.05) is 6.54 Å². The summed E-state index contributed by atoms with van der Waals surface area (Å²) in [6.07, 6.45) is 4.61. The van der Waals surface area contributed by atoms with Crippen molar-refractivity contribution in [1.82, 2.24) is 5.32 Å². The molecule has 0 saturated carbocycles.